The number of rotatable bonds is 12. The first-order valence-electron chi connectivity index (χ1n) is 15.5. The molecule has 2 aliphatic rings. The fourth-order valence-corrected chi connectivity index (χ4v) is 5.29. The van der Waals surface area contributed by atoms with Crippen LogP contribution in [0.4, 0.5) is 0 Å². The van der Waals surface area contributed by atoms with E-state index in [-0.39, 0.29) is 11.5 Å². The quantitative estimate of drug-likeness (QED) is 0.134. The minimum atomic E-state index is -1.55. The fraction of sp³-hybridized carbons (Fsp3) is 0.545. The third-order valence-corrected chi connectivity index (χ3v) is 7.05. The molecule has 1 aliphatic heterocycles. The molecule has 1 aromatic rings. The summed E-state index contributed by atoms with van der Waals surface area (Å²) in [5.41, 5.74) is 0.332. The van der Waals surface area contributed by atoms with Gasteiger partial charge in [0, 0.05) is 47.6 Å². The molecular weight excluding hydrogens is 652 g/mol. The average molecular weight is 693 g/mol. The zero-order valence-corrected chi connectivity index (χ0v) is 28.0. The van der Waals surface area contributed by atoms with Crippen molar-refractivity contribution < 1.29 is 76.2 Å². The van der Waals surface area contributed by atoms with Crippen molar-refractivity contribution in [1.29, 1.82) is 0 Å². The number of benzene rings is 1. The largest absolute Gasteiger partial charge is 0.463 e. The summed E-state index contributed by atoms with van der Waals surface area (Å²) >= 11 is 0. The van der Waals surface area contributed by atoms with Crippen LogP contribution < -0.4 is 9.47 Å². The van der Waals surface area contributed by atoms with Gasteiger partial charge in [0.15, 0.2) is 36.1 Å². The van der Waals surface area contributed by atoms with Crippen LogP contribution in [0.2, 0.25) is 0 Å². The summed E-state index contributed by atoms with van der Waals surface area (Å²) in [7, 11) is 0. The van der Waals surface area contributed by atoms with Crippen molar-refractivity contribution >= 4 is 47.9 Å². The van der Waals surface area contributed by atoms with Crippen LogP contribution in [0.15, 0.2) is 24.3 Å². The van der Waals surface area contributed by atoms with E-state index < -0.39 is 91.3 Å². The Kier molecular flexibility index (Phi) is 14.2. The highest BCUT2D eigenvalue weighted by molar-refractivity contribution is 5.87. The number of hydrogen-bond donors (Lipinski definition) is 0. The highest BCUT2D eigenvalue weighted by Crippen LogP contribution is 2.34. The molecule has 0 spiro atoms. The molecule has 1 saturated carbocycles. The van der Waals surface area contributed by atoms with Crippen LogP contribution in [0.3, 0.4) is 0 Å². The molecule has 7 unspecified atom stereocenters. The number of ether oxygens (including phenoxy) is 9. The normalized spacial score (nSPS) is 25.0. The standard InChI is InChI=1S/C33H40O16/c1-17(34)41-16-28-30(45-21(5)38)31(46-22(6)39)32(33(48-28)47-25-10-8-7-9-24(25)42-18(2)35)49-29(40)14-12-23-11-13-26(43-19(3)36)27(15-23)44-20(4)37/h11-15,24-25,28,30-33H,7-10,16H2,1-6H3. The van der Waals surface area contributed by atoms with Gasteiger partial charge in [-0.2, -0.15) is 0 Å². The van der Waals surface area contributed by atoms with Gasteiger partial charge in [0.05, 0.1) is 6.10 Å². The Balaban J connectivity index is 1.98. The molecule has 1 aromatic carbocycles. The molecule has 16 nitrogen and oxygen atoms in total. The van der Waals surface area contributed by atoms with Gasteiger partial charge in [-0.25, -0.2) is 4.79 Å². The van der Waals surface area contributed by atoms with Crippen LogP contribution in [0.5, 0.6) is 11.5 Å². The number of carbonyl (C=O) groups excluding carboxylic acids is 7. The number of carbonyl (C=O) groups is 7. The summed E-state index contributed by atoms with van der Waals surface area (Å²) in [5.74, 6) is -5.27. The molecular formula is C33H40O16. The van der Waals surface area contributed by atoms with Gasteiger partial charge in [0.1, 0.15) is 18.8 Å². The van der Waals surface area contributed by atoms with Crippen LogP contribution in [-0.2, 0) is 66.7 Å². The molecule has 1 heterocycles. The third kappa shape index (κ3) is 12.3. The Morgan fingerprint density at radius 1 is 0.673 bits per heavy atom. The van der Waals surface area contributed by atoms with E-state index in [2.05, 4.69) is 0 Å². The third-order valence-electron chi connectivity index (χ3n) is 7.05. The van der Waals surface area contributed by atoms with E-state index in [1.54, 1.807) is 0 Å². The Labute approximate surface area is 282 Å². The lowest BCUT2D eigenvalue weighted by Crippen LogP contribution is -2.63. The summed E-state index contributed by atoms with van der Waals surface area (Å²) < 4.78 is 49.8. The second-order valence-electron chi connectivity index (χ2n) is 11.2. The van der Waals surface area contributed by atoms with Gasteiger partial charge in [-0.05, 0) is 43.0 Å². The van der Waals surface area contributed by atoms with Crippen LogP contribution in [0, 0.1) is 0 Å². The maximum Gasteiger partial charge on any atom is 0.331 e. The molecule has 1 saturated heterocycles. The second kappa shape index (κ2) is 18.1. The molecule has 0 radical (unpaired) electrons. The van der Waals surface area contributed by atoms with E-state index in [9.17, 15) is 33.6 Å². The molecule has 1 aliphatic carbocycles. The van der Waals surface area contributed by atoms with Crippen LogP contribution >= 0.6 is 0 Å². The predicted molar refractivity (Wildman–Crippen MR) is 163 cm³/mol. The van der Waals surface area contributed by atoms with Gasteiger partial charge >= 0.3 is 41.8 Å². The van der Waals surface area contributed by atoms with Crippen LogP contribution in [0.25, 0.3) is 6.08 Å². The topological polar surface area (TPSA) is 203 Å². The Hall–Kier alpha value is -4.83. The van der Waals surface area contributed by atoms with E-state index in [4.69, 9.17) is 42.6 Å². The minimum absolute atomic E-state index is 0.0272. The van der Waals surface area contributed by atoms with Crippen molar-refractivity contribution in [3.63, 3.8) is 0 Å². The average Bonchev–Trinajstić information content (AvgIpc) is 2.99. The maximum absolute atomic E-state index is 13.3. The summed E-state index contributed by atoms with van der Waals surface area (Å²) in [6.45, 7) is 6.49. The van der Waals surface area contributed by atoms with Gasteiger partial charge < -0.3 is 42.6 Å². The first-order chi connectivity index (χ1) is 23.1. The minimum Gasteiger partial charge on any atom is -0.463 e. The molecule has 49 heavy (non-hydrogen) atoms. The number of hydrogen-bond acceptors (Lipinski definition) is 16. The predicted octanol–water partition coefficient (Wildman–Crippen LogP) is 2.50. The lowest BCUT2D eigenvalue weighted by atomic mass is 9.93. The van der Waals surface area contributed by atoms with E-state index in [1.165, 1.54) is 38.1 Å². The van der Waals surface area contributed by atoms with E-state index in [0.29, 0.717) is 24.8 Å². The molecule has 0 N–H and O–H groups in total. The SMILES string of the molecule is CC(=O)OCC1OC(OC2CCCCC2OC(C)=O)C(OC(=O)C=Cc2ccc(OC(C)=O)c(OC(C)=O)c2)C(OC(C)=O)C1OC(C)=O. The van der Waals surface area contributed by atoms with Gasteiger partial charge in [0.2, 0.25) is 0 Å². The van der Waals surface area contributed by atoms with Crippen molar-refractivity contribution in [3.8, 4) is 11.5 Å². The first-order valence-corrected chi connectivity index (χ1v) is 15.5. The maximum atomic E-state index is 13.3. The molecule has 268 valence electrons. The van der Waals surface area contributed by atoms with E-state index >= 15 is 0 Å². The highest BCUT2D eigenvalue weighted by Gasteiger charge is 2.54. The van der Waals surface area contributed by atoms with Gasteiger partial charge in [0.25, 0.3) is 0 Å². The Bertz CT molecular complexity index is 1430. The zero-order valence-electron chi connectivity index (χ0n) is 28.0. The Morgan fingerprint density at radius 2 is 1.27 bits per heavy atom. The monoisotopic (exact) mass is 692 g/mol. The van der Waals surface area contributed by atoms with Crippen molar-refractivity contribution in [2.45, 2.75) is 110 Å². The summed E-state index contributed by atoms with van der Waals surface area (Å²) in [6.07, 6.45) is -3.90. The zero-order chi connectivity index (χ0) is 36.2. The van der Waals surface area contributed by atoms with Crippen molar-refractivity contribution in [3.05, 3.63) is 29.8 Å². The molecule has 0 aromatic heterocycles. The first kappa shape index (κ1) is 38.6. The van der Waals surface area contributed by atoms with Crippen LogP contribution in [0.1, 0.15) is 72.8 Å². The molecule has 7 atom stereocenters. The van der Waals surface area contributed by atoms with E-state index in [1.807, 2.05) is 0 Å². The highest BCUT2D eigenvalue weighted by atomic mass is 16.7. The Morgan fingerprint density at radius 3 is 1.86 bits per heavy atom. The van der Waals surface area contributed by atoms with Crippen molar-refractivity contribution in [2.24, 2.45) is 0 Å². The van der Waals surface area contributed by atoms with Gasteiger partial charge in [-0.3, -0.25) is 28.8 Å². The molecule has 0 bridgehead atoms. The van der Waals surface area contributed by atoms with Crippen molar-refractivity contribution in [1.82, 2.24) is 0 Å². The fourth-order valence-electron chi connectivity index (χ4n) is 5.29. The van der Waals surface area contributed by atoms with Gasteiger partial charge in [-0.15, -0.1) is 0 Å². The van der Waals surface area contributed by atoms with E-state index in [0.717, 1.165) is 40.2 Å². The van der Waals surface area contributed by atoms with Crippen molar-refractivity contribution in [2.75, 3.05) is 6.61 Å². The molecule has 2 fully saturated rings. The number of esters is 7. The molecule has 3 rings (SSSR count). The second-order valence-corrected chi connectivity index (χ2v) is 11.2. The summed E-state index contributed by atoms with van der Waals surface area (Å²) in [6, 6.07) is 4.17. The molecule has 0 amide bonds. The lowest BCUT2D eigenvalue weighted by Gasteiger charge is -2.45. The van der Waals surface area contributed by atoms with Gasteiger partial charge in [-0.1, -0.05) is 12.5 Å². The summed E-state index contributed by atoms with van der Waals surface area (Å²) in [5, 5.41) is 0. The van der Waals surface area contributed by atoms with Crippen LogP contribution in [-0.4, -0.2) is 91.3 Å². The lowest BCUT2D eigenvalue weighted by molar-refractivity contribution is -0.323. The summed E-state index contributed by atoms with van der Waals surface area (Å²) in [4.78, 5) is 84.3. The molecule has 16 heteroatoms. The smallest absolute Gasteiger partial charge is 0.331 e.